The summed E-state index contributed by atoms with van der Waals surface area (Å²) in [6.07, 6.45) is 2.30. The largest absolute Gasteiger partial charge is 0.311 e. The summed E-state index contributed by atoms with van der Waals surface area (Å²) >= 11 is 0. The molecular weight excluding hydrogens is 272 g/mol. The van der Waals surface area contributed by atoms with Crippen LogP contribution in [0.25, 0.3) is 0 Å². The van der Waals surface area contributed by atoms with Crippen molar-refractivity contribution < 1.29 is 8.42 Å². The van der Waals surface area contributed by atoms with Crippen molar-refractivity contribution in [3.05, 3.63) is 35.9 Å². The molecule has 0 aromatic heterocycles. The van der Waals surface area contributed by atoms with Gasteiger partial charge in [0.25, 0.3) is 0 Å². The Morgan fingerprint density at radius 1 is 1.30 bits per heavy atom. The van der Waals surface area contributed by atoms with Gasteiger partial charge in [0.2, 0.25) is 0 Å². The number of hydrogen-bond donors (Lipinski definition) is 1. The van der Waals surface area contributed by atoms with E-state index in [-0.39, 0.29) is 5.75 Å². The lowest BCUT2D eigenvalue weighted by Gasteiger charge is -2.38. The van der Waals surface area contributed by atoms with Crippen LogP contribution in [0.1, 0.15) is 12.5 Å². The van der Waals surface area contributed by atoms with E-state index in [4.69, 9.17) is 0 Å². The van der Waals surface area contributed by atoms with Crippen molar-refractivity contribution >= 4 is 9.84 Å². The predicted molar refractivity (Wildman–Crippen MR) is 82.7 cm³/mol. The summed E-state index contributed by atoms with van der Waals surface area (Å²) in [4.78, 5) is 2.28. The molecule has 1 aromatic carbocycles. The molecule has 1 N–H and O–H groups in total. The van der Waals surface area contributed by atoms with Crippen LogP contribution in [0.3, 0.4) is 0 Å². The number of rotatable bonds is 5. The molecule has 2 rings (SSSR count). The number of nitrogens with zero attached hydrogens (tertiary/aromatic N) is 1. The summed E-state index contributed by atoms with van der Waals surface area (Å²) < 4.78 is 22.6. The summed E-state index contributed by atoms with van der Waals surface area (Å²) in [5.41, 5.74) is 1.32. The number of piperazine rings is 1. The fraction of sp³-hybridized carbons (Fsp3) is 0.600. The maximum Gasteiger partial charge on any atom is 0.148 e. The normalized spacial score (nSPS) is 24.7. The van der Waals surface area contributed by atoms with Crippen molar-refractivity contribution in [1.29, 1.82) is 0 Å². The molecule has 1 saturated heterocycles. The predicted octanol–water partition coefficient (Wildman–Crippen LogP) is 0.936. The van der Waals surface area contributed by atoms with Gasteiger partial charge in [0.05, 0.1) is 5.75 Å². The highest BCUT2D eigenvalue weighted by molar-refractivity contribution is 7.90. The third kappa shape index (κ3) is 4.89. The average Bonchev–Trinajstić information content (AvgIpc) is 2.40. The van der Waals surface area contributed by atoms with Crippen molar-refractivity contribution in [2.75, 3.05) is 31.6 Å². The molecule has 1 aliphatic heterocycles. The first-order chi connectivity index (χ1) is 9.44. The van der Waals surface area contributed by atoms with Gasteiger partial charge in [-0.15, -0.1) is 0 Å². The topological polar surface area (TPSA) is 49.4 Å². The van der Waals surface area contributed by atoms with E-state index < -0.39 is 9.84 Å². The molecule has 0 spiro atoms. The number of nitrogens with one attached hydrogen (secondary N) is 1. The van der Waals surface area contributed by atoms with Crippen LogP contribution in [0, 0.1) is 0 Å². The molecule has 2 unspecified atom stereocenters. The first-order valence-corrected chi connectivity index (χ1v) is 9.19. The molecule has 1 aromatic rings. The van der Waals surface area contributed by atoms with Gasteiger partial charge in [0.15, 0.2) is 0 Å². The van der Waals surface area contributed by atoms with Gasteiger partial charge < -0.3 is 5.32 Å². The Morgan fingerprint density at radius 2 is 2.00 bits per heavy atom. The Morgan fingerprint density at radius 3 is 2.65 bits per heavy atom. The van der Waals surface area contributed by atoms with Gasteiger partial charge in [-0.25, -0.2) is 8.42 Å². The monoisotopic (exact) mass is 296 g/mol. The lowest BCUT2D eigenvalue weighted by Crippen LogP contribution is -2.56. The summed E-state index contributed by atoms with van der Waals surface area (Å²) in [7, 11) is -2.89. The van der Waals surface area contributed by atoms with Crippen LogP contribution in [0.2, 0.25) is 0 Å². The smallest absolute Gasteiger partial charge is 0.148 e. The van der Waals surface area contributed by atoms with Crippen LogP contribution in [-0.2, 0) is 16.3 Å². The fourth-order valence-electron chi connectivity index (χ4n) is 2.62. The van der Waals surface area contributed by atoms with E-state index in [1.807, 2.05) is 6.07 Å². The van der Waals surface area contributed by atoms with E-state index in [1.54, 1.807) is 0 Å². The minimum atomic E-state index is -2.89. The minimum absolute atomic E-state index is 0.245. The zero-order valence-electron chi connectivity index (χ0n) is 12.2. The maximum atomic E-state index is 11.3. The molecule has 20 heavy (non-hydrogen) atoms. The van der Waals surface area contributed by atoms with Crippen LogP contribution in [-0.4, -0.2) is 57.0 Å². The molecular formula is C15H24N2O2S. The van der Waals surface area contributed by atoms with E-state index in [0.717, 1.165) is 19.5 Å². The first kappa shape index (κ1) is 15.5. The van der Waals surface area contributed by atoms with E-state index in [2.05, 4.69) is 41.4 Å². The second-order valence-corrected chi connectivity index (χ2v) is 8.03. The van der Waals surface area contributed by atoms with Gasteiger partial charge in [0.1, 0.15) is 9.84 Å². The molecule has 2 atom stereocenters. The molecule has 0 amide bonds. The van der Waals surface area contributed by atoms with Crippen molar-refractivity contribution in [2.45, 2.75) is 25.4 Å². The third-order valence-electron chi connectivity index (χ3n) is 3.85. The molecule has 4 nitrogen and oxygen atoms in total. The number of benzene rings is 1. The van der Waals surface area contributed by atoms with Crippen LogP contribution < -0.4 is 5.32 Å². The quantitative estimate of drug-likeness (QED) is 0.878. The van der Waals surface area contributed by atoms with E-state index in [1.165, 1.54) is 11.8 Å². The Labute approximate surface area is 122 Å². The standard InChI is InChI=1S/C15H24N2O2S/c1-13-11-16-15(10-14-6-4-3-5-7-14)12-17(13)8-9-20(2,18)19/h3-7,13,15-16H,8-12H2,1-2H3. The van der Waals surface area contributed by atoms with Gasteiger partial charge >= 0.3 is 0 Å². The van der Waals surface area contributed by atoms with Gasteiger partial charge in [-0.05, 0) is 18.9 Å². The minimum Gasteiger partial charge on any atom is -0.311 e. The molecule has 1 heterocycles. The Bertz CT molecular complexity index is 516. The van der Waals surface area contributed by atoms with Gasteiger partial charge in [-0.3, -0.25) is 4.90 Å². The van der Waals surface area contributed by atoms with E-state index in [9.17, 15) is 8.42 Å². The van der Waals surface area contributed by atoms with Crippen molar-refractivity contribution in [3.8, 4) is 0 Å². The molecule has 5 heteroatoms. The molecule has 112 valence electrons. The van der Waals surface area contributed by atoms with Crippen molar-refractivity contribution in [2.24, 2.45) is 0 Å². The van der Waals surface area contributed by atoms with E-state index >= 15 is 0 Å². The summed E-state index contributed by atoms with van der Waals surface area (Å²) in [6.45, 7) is 4.60. The van der Waals surface area contributed by atoms with Crippen LogP contribution >= 0.6 is 0 Å². The molecule has 0 saturated carbocycles. The number of sulfone groups is 1. The van der Waals surface area contributed by atoms with Crippen molar-refractivity contribution in [1.82, 2.24) is 10.2 Å². The average molecular weight is 296 g/mol. The van der Waals surface area contributed by atoms with Gasteiger partial charge in [-0.2, -0.15) is 0 Å². The molecule has 1 fully saturated rings. The maximum absolute atomic E-state index is 11.3. The van der Waals surface area contributed by atoms with Gasteiger partial charge in [0, 0.05) is 38.0 Å². The SMILES string of the molecule is CC1CNC(Cc2ccccc2)CN1CCS(C)(=O)=O. The molecule has 0 aliphatic carbocycles. The zero-order valence-corrected chi connectivity index (χ0v) is 13.1. The van der Waals surface area contributed by atoms with Crippen LogP contribution in [0.15, 0.2) is 30.3 Å². The lowest BCUT2D eigenvalue weighted by atomic mass is 10.0. The molecule has 1 aliphatic rings. The zero-order chi connectivity index (χ0) is 14.6. The number of hydrogen-bond acceptors (Lipinski definition) is 4. The van der Waals surface area contributed by atoms with Crippen LogP contribution in [0.4, 0.5) is 0 Å². The van der Waals surface area contributed by atoms with Gasteiger partial charge in [-0.1, -0.05) is 30.3 Å². The summed E-state index contributed by atoms with van der Waals surface area (Å²) in [6, 6.07) is 11.2. The first-order valence-electron chi connectivity index (χ1n) is 7.13. The fourth-order valence-corrected chi connectivity index (χ4v) is 3.19. The van der Waals surface area contributed by atoms with E-state index in [0.29, 0.717) is 18.6 Å². The third-order valence-corrected chi connectivity index (χ3v) is 4.78. The Hall–Kier alpha value is -0.910. The lowest BCUT2D eigenvalue weighted by molar-refractivity contribution is 0.149. The highest BCUT2D eigenvalue weighted by Crippen LogP contribution is 2.11. The summed E-state index contributed by atoms with van der Waals surface area (Å²) in [5.74, 6) is 0.245. The Balaban J connectivity index is 1.90. The molecule has 0 bridgehead atoms. The van der Waals surface area contributed by atoms with Crippen molar-refractivity contribution in [3.63, 3.8) is 0 Å². The second kappa shape index (κ2) is 6.70. The highest BCUT2D eigenvalue weighted by Gasteiger charge is 2.25. The Kier molecular flexibility index (Phi) is 5.18. The van der Waals surface area contributed by atoms with Crippen LogP contribution in [0.5, 0.6) is 0 Å². The molecule has 0 radical (unpaired) electrons. The summed E-state index contributed by atoms with van der Waals surface area (Å²) in [5, 5.41) is 3.55. The second-order valence-electron chi connectivity index (χ2n) is 5.77. The highest BCUT2D eigenvalue weighted by atomic mass is 32.2.